The summed E-state index contributed by atoms with van der Waals surface area (Å²) in [7, 11) is 0. The van der Waals surface area contributed by atoms with E-state index in [0.717, 1.165) is 18.3 Å². The summed E-state index contributed by atoms with van der Waals surface area (Å²) in [6, 6.07) is 0. The SMILES string of the molecule is CC1(C)CCC[C@@]2(C)[C@H]1CC[C@H]1C[C@@H]3CC12CCC3=O. The second-order valence-corrected chi connectivity index (χ2v) is 9.35. The Morgan fingerprint density at radius 2 is 1.85 bits per heavy atom. The van der Waals surface area contributed by atoms with Gasteiger partial charge in [-0.2, -0.15) is 0 Å². The summed E-state index contributed by atoms with van der Waals surface area (Å²) in [5, 5.41) is 0. The van der Waals surface area contributed by atoms with Crippen molar-refractivity contribution in [3.05, 3.63) is 0 Å². The van der Waals surface area contributed by atoms with E-state index < -0.39 is 0 Å². The van der Waals surface area contributed by atoms with E-state index in [1.807, 2.05) is 0 Å². The van der Waals surface area contributed by atoms with Crippen LogP contribution in [-0.4, -0.2) is 5.78 Å². The molecule has 112 valence electrons. The van der Waals surface area contributed by atoms with Crippen LogP contribution in [0.4, 0.5) is 0 Å². The Hall–Kier alpha value is -0.330. The Labute approximate surface area is 123 Å². The molecule has 0 amide bonds. The molecule has 4 aliphatic rings. The molecule has 0 aromatic rings. The Morgan fingerprint density at radius 3 is 2.65 bits per heavy atom. The number of Topliss-reactive ketones (excluding diaryl/α,β-unsaturated/α-hetero) is 1. The molecule has 0 radical (unpaired) electrons. The van der Waals surface area contributed by atoms with Crippen molar-refractivity contribution in [1.82, 2.24) is 0 Å². The lowest BCUT2D eigenvalue weighted by molar-refractivity contribution is -0.160. The zero-order valence-corrected chi connectivity index (χ0v) is 13.5. The molecule has 0 aromatic heterocycles. The van der Waals surface area contributed by atoms with Crippen molar-refractivity contribution in [3.63, 3.8) is 0 Å². The highest BCUT2D eigenvalue weighted by Gasteiger charge is 2.66. The van der Waals surface area contributed by atoms with Crippen LogP contribution in [0.3, 0.4) is 0 Å². The van der Waals surface area contributed by atoms with Gasteiger partial charge in [-0.25, -0.2) is 0 Å². The molecule has 1 heteroatoms. The van der Waals surface area contributed by atoms with Crippen LogP contribution in [0.25, 0.3) is 0 Å². The smallest absolute Gasteiger partial charge is 0.136 e. The molecule has 1 spiro atoms. The fourth-order valence-corrected chi connectivity index (χ4v) is 7.53. The summed E-state index contributed by atoms with van der Waals surface area (Å²) in [6.07, 6.45) is 11.7. The third-order valence-electron chi connectivity index (χ3n) is 8.40. The fourth-order valence-electron chi connectivity index (χ4n) is 7.53. The number of carbonyl (C=O) groups excluding carboxylic acids is 1. The van der Waals surface area contributed by atoms with Crippen LogP contribution in [0.15, 0.2) is 0 Å². The van der Waals surface area contributed by atoms with Crippen LogP contribution < -0.4 is 0 Å². The third kappa shape index (κ3) is 1.43. The monoisotopic (exact) mass is 274 g/mol. The minimum atomic E-state index is 0.439. The normalized spacial score (nSPS) is 53.4. The average molecular weight is 274 g/mol. The van der Waals surface area contributed by atoms with Gasteiger partial charge in [-0.3, -0.25) is 4.79 Å². The Balaban J connectivity index is 1.79. The molecule has 0 aromatic carbocycles. The minimum Gasteiger partial charge on any atom is -0.299 e. The van der Waals surface area contributed by atoms with Crippen LogP contribution in [0.2, 0.25) is 0 Å². The zero-order chi connectivity index (χ0) is 14.2. The van der Waals surface area contributed by atoms with Gasteiger partial charge in [-0.05, 0) is 73.0 Å². The van der Waals surface area contributed by atoms with Gasteiger partial charge in [0.25, 0.3) is 0 Å². The summed E-state index contributed by atoms with van der Waals surface area (Å²) < 4.78 is 0. The third-order valence-corrected chi connectivity index (χ3v) is 8.40. The van der Waals surface area contributed by atoms with Gasteiger partial charge in [0, 0.05) is 12.3 Å². The number of hydrogen-bond donors (Lipinski definition) is 0. The molecule has 0 saturated heterocycles. The van der Waals surface area contributed by atoms with Gasteiger partial charge in [0.15, 0.2) is 0 Å². The van der Waals surface area contributed by atoms with E-state index in [9.17, 15) is 4.79 Å². The van der Waals surface area contributed by atoms with Crippen molar-refractivity contribution in [2.75, 3.05) is 0 Å². The van der Waals surface area contributed by atoms with Gasteiger partial charge in [0.2, 0.25) is 0 Å². The predicted molar refractivity (Wildman–Crippen MR) is 81.4 cm³/mol. The molecular weight excluding hydrogens is 244 g/mol. The van der Waals surface area contributed by atoms with E-state index in [2.05, 4.69) is 20.8 Å². The van der Waals surface area contributed by atoms with Crippen molar-refractivity contribution < 1.29 is 4.79 Å². The molecule has 20 heavy (non-hydrogen) atoms. The van der Waals surface area contributed by atoms with Gasteiger partial charge in [-0.15, -0.1) is 0 Å². The quantitative estimate of drug-likeness (QED) is 0.608. The van der Waals surface area contributed by atoms with E-state index in [4.69, 9.17) is 0 Å². The maximum absolute atomic E-state index is 12.2. The van der Waals surface area contributed by atoms with Crippen LogP contribution in [0.5, 0.6) is 0 Å². The van der Waals surface area contributed by atoms with Gasteiger partial charge in [-0.1, -0.05) is 27.2 Å². The van der Waals surface area contributed by atoms with E-state index >= 15 is 0 Å². The number of hydrogen-bond acceptors (Lipinski definition) is 1. The standard InChI is InChI=1S/C19H30O/c1-17(2)8-4-9-18(3)16(17)6-5-14-11-13-12-19(14,18)10-7-15(13)20/h13-14,16H,4-12H2,1-3H3/t13-,14+,16+,18+,19?/m1/s1. The summed E-state index contributed by atoms with van der Waals surface area (Å²) in [4.78, 5) is 12.2. The average Bonchev–Trinajstić information content (AvgIpc) is 2.70. The molecule has 4 aliphatic carbocycles. The number of rotatable bonds is 0. The maximum atomic E-state index is 12.2. The lowest BCUT2D eigenvalue weighted by Crippen LogP contribution is -2.57. The molecule has 0 heterocycles. The lowest BCUT2D eigenvalue weighted by Gasteiger charge is -2.65. The Kier molecular flexibility index (Phi) is 2.60. The first-order valence-corrected chi connectivity index (χ1v) is 8.92. The minimum absolute atomic E-state index is 0.439. The van der Waals surface area contributed by atoms with Crippen LogP contribution in [0, 0.1) is 34.0 Å². The van der Waals surface area contributed by atoms with Crippen molar-refractivity contribution in [3.8, 4) is 0 Å². The van der Waals surface area contributed by atoms with E-state index in [1.54, 1.807) is 0 Å². The highest BCUT2D eigenvalue weighted by Crippen LogP contribution is 2.73. The van der Waals surface area contributed by atoms with Crippen molar-refractivity contribution in [1.29, 1.82) is 0 Å². The molecule has 4 rings (SSSR count). The largest absolute Gasteiger partial charge is 0.299 e. The predicted octanol–water partition coefficient (Wildman–Crippen LogP) is 4.99. The second-order valence-electron chi connectivity index (χ2n) is 9.35. The maximum Gasteiger partial charge on any atom is 0.136 e. The molecule has 1 unspecified atom stereocenters. The molecule has 2 bridgehead atoms. The summed E-state index contributed by atoms with van der Waals surface area (Å²) in [5.41, 5.74) is 1.57. The molecular formula is C19H30O. The molecule has 0 aliphatic heterocycles. The Morgan fingerprint density at radius 1 is 1.05 bits per heavy atom. The van der Waals surface area contributed by atoms with Gasteiger partial charge in [0.05, 0.1) is 0 Å². The molecule has 4 fully saturated rings. The highest BCUT2D eigenvalue weighted by atomic mass is 16.1. The molecule has 5 atom stereocenters. The zero-order valence-electron chi connectivity index (χ0n) is 13.5. The number of ketones is 1. The number of fused-ring (bicyclic) bond motifs is 2. The first-order chi connectivity index (χ1) is 9.39. The van der Waals surface area contributed by atoms with Gasteiger partial charge >= 0.3 is 0 Å². The molecule has 4 saturated carbocycles. The summed E-state index contributed by atoms with van der Waals surface area (Å²) in [5.74, 6) is 2.80. The summed E-state index contributed by atoms with van der Waals surface area (Å²) in [6.45, 7) is 7.67. The van der Waals surface area contributed by atoms with E-state index in [0.29, 0.717) is 27.9 Å². The Bertz CT molecular complexity index is 451. The second kappa shape index (κ2) is 3.90. The van der Waals surface area contributed by atoms with Crippen molar-refractivity contribution in [2.45, 2.75) is 78.6 Å². The van der Waals surface area contributed by atoms with E-state index in [1.165, 1.54) is 51.4 Å². The molecule has 0 N–H and O–H groups in total. The van der Waals surface area contributed by atoms with Crippen LogP contribution >= 0.6 is 0 Å². The lowest BCUT2D eigenvalue weighted by atomic mass is 9.40. The topological polar surface area (TPSA) is 17.1 Å². The highest BCUT2D eigenvalue weighted by molar-refractivity contribution is 5.82. The van der Waals surface area contributed by atoms with E-state index in [-0.39, 0.29) is 0 Å². The fraction of sp³-hybridized carbons (Fsp3) is 0.947. The van der Waals surface area contributed by atoms with Gasteiger partial charge in [0.1, 0.15) is 5.78 Å². The number of carbonyl (C=O) groups is 1. The van der Waals surface area contributed by atoms with Crippen LogP contribution in [-0.2, 0) is 4.79 Å². The van der Waals surface area contributed by atoms with Crippen LogP contribution in [0.1, 0.15) is 78.6 Å². The first kappa shape index (κ1) is 13.3. The van der Waals surface area contributed by atoms with Gasteiger partial charge < -0.3 is 0 Å². The first-order valence-electron chi connectivity index (χ1n) is 8.92. The molecule has 1 nitrogen and oxygen atoms in total. The van der Waals surface area contributed by atoms with Crippen molar-refractivity contribution >= 4 is 5.78 Å². The van der Waals surface area contributed by atoms with Crippen molar-refractivity contribution in [2.24, 2.45) is 34.0 Å². The summed E-state index contributed by atoms with van der Waals surface area (Å²) >= 11 is 0.